The molecule has 0 spiro atoms. The van der Waals surface area contributed by atoms with Crippen LogP contribution in [0.15, 0.2) is 23.8 Å². The van der Waals surface area contributed by atoms with Gasteiger partial charge in [0.25, 0.3) is 5.82 Å². The normalized spacial score (nSPS) is 9.77. The molecule has 4 nitrogen and oxygen atoms in total. The van der Waals surface area contributed by atoms with Crippen molar-refractivity contribution >= 4 is 11.3 Å². The van der Waals surface area contributed by atoms with Crippen LogP contribution in [0.5, 0.6) is 0 Å². The lowest BCUT2D eigenvalue weighted by Crippen LogP contribution is -1.98. The molecule has 2 heterocycles. The summed E-state index contributed by atoms with van der Waals surface area (Å²) >= 11 is 1.66. The molecule has 0 aliphatic carbocycles. The highest BCUT2D eigenvalue weighted by molar-refractivity contribution is 7.09. The van der Waals surface area contributed by atoms with Gasteiger partial charge in [-0.1, -0.05) is 6.07 Å². The first-order chi connectivity index (χ1) is 6.38. The maximum atomic E-state index is 8.49. The summed E-state index contributed by atoms with van der Waals surface area (Å²) in [5.41, 5.74) is 0. The fraction of sp³-hybridized carbons (Fsp3) is 0.125. The van der Waals surface area contributed by atoms with Crippen molar-refractivity contribution in [2.45, 2.75) is 6.54 Å². The van der Waals surface area contributed by atoms with Crippen LogP contribution in [0.3, 0.4) is 0 Å². The fourth-order valence-electron chi connectivity index (χ4n) is 0.984. The summed E-state index contributed by atoms with van der Waals surface area (Å²) in [4.78, 5) is 5.01. The molecule has 64 valence electrons. The van der Waals surface area contributed by atoms with E-state index in [0.717, 1.165) is 0 Å². The molecule has 0 aliphatic rings. The number of hydrogen-bond donors (Lipinski definition) is 0. The second-order valence-corrected chi connectivity index (χ2v) is 3.49. The third-order valence-corrected chi connectivity index (χ3v) is 2.40. The molecule has 0 saturated carbocycles. The monoisotopic (exact) mass is 190 g/mol. The Bertz CT molecular complexity index is 423. The quantitative estimate of drug-likeness (QED) is 0.716. The number of hydrogen-bond acceptors (Lipinski definition) is 4. The van der Waals surface area contributed by atoms with Crippen molar-refractivity contribution in [1.29, 1.82) is 5.26 Å². The molecule has 0 aliphatic heterocycles. The van der Waals surface area contributed by atoms with Gasteiger partial charge in [-0.15, -0.1) is 16.4 Å². The fourth-order valence-corrected chi connectivity index (χ4v) is 1.68. The van der Waals surface area contributed by atoms with Crippen LogP contribution in [0.4, 0.5) is 0 Å². The van der Waals surface area contributed by atoms with Gasteiger partial charge in [0.2, 0.25) is 0 Å². The van der Waals surface area contributed by atoms with Crippen LogP contribution in [0.1, 0.15) is 10.7 Å². The van der Waals surface area contributed by atoms with E-state index in [2.05, 4.69) is 10.1 Å². The number of aromatic nitrogens is 3. The van der Waals surface area contributed by atoms with Crippen molar-refractivity contribution in [3.05, 3.63) is 34.5 Å². The molecule has 0 bridgehead atoms. The van der Waals surface area contributed by atoms with Gasteiger partial charge >= 0.3 is 0 Å². The molecule has 2 aromatic heterocycles. The summed E-state index contributed by atoms with van der Waals surface area (Å²) in [6.07, 6.45) is 1.57. The first-order valence-electron chi connectivity index (χ1n) is 3.70. The van der Waals surface area contributed by atoms with Crippen molar-refractivity contribution < 1.29 is 0 Å². The number of nitrogens with zero attached hydrogens (tertiary/aromatic N) is 4. The zero-order chi connectivity index (χ0) is 9.10. The molecule has 0 aromatic carbocycles. The summed E-state index contributed by atoms with van der Waals surface area (Å²) in [6, 6.07) is 5.90. The van der Waals surface area contributed by atoms with Gasteiger partial charge in [0.1, 0.15) is 12.4 Å². The van der Waals surface area contributed by atoms with E-state index in [1.54, 1.807) is 22.3 Å². The lowest BCUT2D eigenvalue weighted by Gasteiger charge is -1.94. The Labute approximate surface area is 79.1 Å². The highest BCUT2D eigenvalue weighted by atomic mass is 32.1. The van der Waals surface area contributed by atoms with E-state index in [1.807, 2.05) is 23.6 Å². The second-order valence-electron chi connectivity index (χ2n) is 2.46. The molecule has 0 amide bonds. The van der Waals surface area contributed by atoms with Crippen molar-refractivity contribution in [2.24, 2.45) is 0 Å². The first-order valence-corrected chi connectivity index (χ1v) is 4.58. The van der Waals surface area contributed by atoms with Gasteiger partial charge in [-0.05, 0) is 11.4 Å². The molecule has 5 heteroatoms. The third kappa shape index (κ3) is 1.73. The van der Waals surface area contributed by atoms with Crippen LogP contribution in [-0.4, -0.2) is 14.8 Å². The molecule has 13 heavy (non-hydrogen) atoms. The highest BCUT2D eigenvalue weighted by Gasteiger charge is 1.99. The molecule has 0 radical (unpaired) electrons. The average Bonchev–Trinajstić information content (AvgIpc) is 2.76. The summed E-state index contributed by atoms with van der Waals surface area (Å²) < 4.78 is 1.66. The Morgan fingerprint density at radius 3 is 3.15 bits per heavy atom. The van der Waals surface area contributed by atoms with Crippen molar-refractivity contribution in [3.8, 4) is 6.07 Å². The zero-order valence-electron chi connectivity index (χ0n) is 6.71. The van der Waals surface area contributed by atoms with Crippen molar-refractivity contribution in [1.82, 2.24) is 14.8 Å². The van der Waals surface area contributed by atoms with E-state index in [1.165, 1.54) is 4.88 Å². The largest absolute Gasteiger partial charge is 0.252 e. The standard InChI is InChI=1S/C8H6N4S/c9-4-8-10-6-12(11-8)5-7-2-1-3-13-7/h1-3,6H,5H2. The van der Waals surface area contributed by atoms with Gasteiger partial charge in [0.15, 0.2) is 0 Å². The van der Waals surface area contributed by atoms with E-state index in [0.29, 0.717) is 6.54 Å². The molecule has 0 atom stereocenters. The summed E-state index contributed by atoms with van der Waals surface area (Å²) in [7, 11) is 0. The van der Waals surface area contributed by atoms with Crippen LogP contribution < -0.4 is 0 Å². The third-order valence-electron chi connectivity index (χ3n) is 1.53. The van der Waals surface area contributed by atoms with Crippen LogP contribution in [-0.2, 0) is 6.54 Å². The molecule has 2 aromatic rings. The van der Waals surface area contributed by atoms with Gasteiger partial charge in [-0.25, -0.2) is 9.67 Å². The minimum atomic E-state index is 0.219. The number of rotatable bonds is 2. The maximum Gasteiger partial charge on any atom is 0.252 e. The predicted molar refractivity (Wildman–Crippen MR) is 48.2 cm³/mol. The van der Waals surface area contributed by atoms with Crippen LogP contribution in [0, 0.1) is 11.3 Å². The summed E-state index contributed by atoms with van der Waals surface area (Å²) in [6.45, 7) is 0.687. The first kappa shape index (κ1) is 7.95. The maximum absolute atomic E-state index is 8.49. The Morgan fingerprint density at radius 1 is 1.62 bits per heavy atom. The topological polar surface area (TPSA) is 54.5 Å². The summed E-state index contributed by atoms with van der Waals surface area (Å²) in [5.74, 6) is 0.219. The van der Waals surface area contributed by atoms with E-state index in [9.17, 15) is 0 Å². The van der Waals surface area contributed by atoms with Gasteiger partial charge in [-0.3, -0.25) is 0 Å². The molecule has 2 rings (SSSR count). The van der Waals surface area contributed by atoms with E-state index in [-0.39, 0.29) is 5.82 Å². The molecule has 0 saturated heterocycles. The summed E-state index contributed by atoms with van der Waals surface area (Å²) in [5, 5.41) is 14.5. The van der Waals surface area contributed by atoms with Gasteiger partial charge in [-0.2, -0.15) is 5.26 Å². The van der Waals surface area contributed by atoms with Crippen molar-refractivity contribution in [2.75, 3.05) is 0 Å². The molecule has 0 fully saturated rings. The second kappa shape index (κ2) is 3.37. The minimum absolute atomic E-state index is 0.219. The number of nitriles is 1. The van der Waals surface area contributed by atoms with E-state index >= 15 is 0 Å². The number of thiophene rings is 1. The SMILES string of the molecule is N#Cc1ncn(Cc2cccs2)n1. The highest BCUT2D eigenvalue weighted by Crippen LogP contribution is 2.09. The average molecular weight is 190 g/mol. The Hall–Kier alpha value is -1.67. The van der Waals surface area contributed by atoms with Crippen LogP contribution >= 0.6 is 11.3 Å². The Morgan fingerprint density at radius 2 is 2.54 bits per heavy atom. The van der Waals surface area contributed by atoms with E-state index < -0.39 is 0 Å². The van der Waals surface area contributed by atoms with Gasteiger partial charge in [0, 0.05) is 4.88 Å². The molecular weight excluding hydrogens is 184 g/mol. The molecular formula is C8H6N4S. The smallest absolute Gasteiger partial charge is 0.246 e. The Balaban J connectivity index is 2.15. The van der Waals surface area contributed by atoms with Crippen LogP contribution in [0.25, 0.3) is 0 Å². The Kier molecular flexibility index (Phi) is 2.06. The van der Waals surface area contributed by atoms with Gasteiger partial charge in [0.05, 0.1) is 6.54 Å². The predicted octanol–water partition coefficient (Wildman–Crippen LogP) is 1.26. The molecule has 0 unspecified atom stereocenters. The minimum Gasteiger partial charge on any atom is -0.246 e. The van der Waals surface area contributed by atoms with E-state index in [4.69, 9.17) is 5.26 Å². The lowest BCUT2D eigenvalue weighted by atomic mass is 10.5. The molecule has 0 N–H and O–H groups in total. The lowest BCUT2D eigenvalue weighted by molar-refractivity contribution is 0.690. The van der Waals surface area contributed by atoms with Crippen LogP contribution in [0.2, 0.25) is 0 Å². The van der Waals surface area contributed by atoms with Crippen molar-refractivity contribution in [3.63, 3.8) is 0 Å². The van der Waals surface area contributed by atoms with Gasteiger partial charge < -0.3 is 0 Å². The zero-order valence-corrected chi connectivity index (χ0v) is 7.53.